The van der Waals surface area contributed by atoms with Crippen LogP contribution in [0.4, 0.5) is 0 Å². The predicted octanol–water partition coefficient (Wildman–Crippen LogP) is 7.91. The van der Waals surface area contributed by atoms with E-state index < -0.39 is 44.3 Å². The highest BCUT2D eigenvalue weighted by atomic mass is 30.2. The average Bonchev–Trinajstić information content (AvgIpc) is 2.15. The third kappa shape index (κ3) is 3.34. The first-order valence-corrected chi connectivity index (χ1v) is 33.3. The van der Waals surface area contributed by atoms with Gasteiger partial charge in [0.25, 0.3) is 0 Å². The highest BCUT2D eigenvalue weighted by molar-refractivity contribution is 8.10. The molecule has 1 heterocycles. The number of hydrogen-bond donors (Lipinski definition) is 0. The zero-order chi connectivity index (χ0) is 22.3. The SMILES string of the molecule is CC(C)(C)[Si]1(C(C)(C)C)[SiH]([Si]([Si](C)(C)C)([Si](C)(C)C)[Si](C)(C)C)CC1(C)C. The molecule has 1 rings (SSSR count). The van der Waals surface area contributed by atoms with Gasteiger partial charge in [-0.05, 0) is 15.1 Å². The van der Waals surface area contributed by atoms with E-state index in [1.807, 2.05) is 0 Å². The molecule has 0 aliphatic carbocycles. The molecule has 1 aliphatic heterocycles. The smallest absolute Gasteiger partial charge is 0.0566 e. The second kappa shape index (κ2) is 6.65. The lowest BCUT2D eigenvalue weighted by atomic mass is 10.2. The van der Waals surface area contributed by atoms with Crippen LogP contribution in [-0.4, -0.2) is 44.3 Å². The zero-order valence-corrected chi connectivity index (χ0v) is 28.4. The Bertz CT molecular complexity index is 492. The molecule has 0 nitrogen and oxygen atoms in total. The predicted molar refractivity (Wildman–Crippen MR) is 147 cm³/mol. The maximum atomic E-state index is 2.85. The van der Waals surface area contributed by atoms with Crippen LogP contribution in [0, 0.1) is 0 Å². The Labute approximate surface area is 179 Å². The highest BCUT2D eigenvalue weighted by Crippen LogP contribution is 2.74. The fourth-order valence-corrected chi connectivity index (χ4v) is 241. The van der Waals surface area contributed by atoms with Crippen LogP contribution >= 0.6 is 0 Å². The van der Waals surface area contributed by atoms with E-state index in [9.17, 15) is 0 Å². The van der Waals surface area contributed by atoms with Gasteiger partial charge < -0.3 is 0 Å². The van der Waals surface area contributed by atoms with Gasteiger partial charge in [0.05, 0.1) is 7.59 Å². The molecule has 0 radical (unpaired) electrons. The van der Waals surface area contributed by atoms with Crippen LogP contribution in [0.1, 0.15) is 55.4 Å². The second-order valence-electron chi connectivity index (χ2n) is 15.5. The largest absolute Gasteiger partial charge is 0.0721 e. The van der Waals surface area contributed by atoms with Gasteiger partial charge in [0, 0.05) is 36.7 Å². The quantitative estimate of drug-likeness (QED) is 0.363. The van der Waals surface area contributed by atoms with Gasteiger partial charge in [0.1, 0.15) is 0 Å². The average molecular weight is 475 g/mol. The molecule has 6 heteroatoms. The van der Waals surface area contributed by atoms with Gasteiger partial charge in [-0.3, -0.25) is 0 Å². The molecule has 0 bridgehead atoms. The highest BCUT2D eigenvalue weighted by Gasteiger charge is 2.81. The van der Waals surface area contributed by atoms with Gasteiger partial charge in [-0.1, -0.05) is 120 Å². The molecule has 0 spiro atoms. The van der Waals surface area contributed by atoms with Crippen molar-refractivity contribution in [3.63, 3.8) is 0 Å². The van der Waals surface area contributed by atoms with Crippen LogP contribution < -0.4 is 0 Å². The summed E-state index contributed by atoms with van der Waals surface area (Å²) >= 11 is 0. The Hall–Kier alpha value is 1.30. The van der Waals surface area contributed by atoms with Crippen molar-refractivity contribution in [2.45, 2.75) is 135 Å². The summed E-state index contributed by atoms with van der Waals surface area (Å²) in [6.07, 6.45) is -1.24. The van der Waals surface area contributed by atoms with Gasteiger partial charge in [-0.25, -0.2) is 0 Å². The van der Waals surface area contributed by atoms with Crippen molar-refractivity contribution in [2.24, 2.45) is 0 Å². The molecule has 1 saturated heterocycles. The van der Waals surface area contributed by atoms with Gasteiger partial charge >= 0.3 is 0 Å². The topological polar surface area (TPSA) is 0 Å². The van der Waals surface area contributed by atoms with Crippen LogP contribution in [-0.2, 0) is 0 Å². The lowest BCUT2D eigenvalue weighted by molar-refractivity contribution is 0.532. The maximum absolute atomic E-state index is 2.85. The van der Waals surface area contributed by atoms with E-state index in [1.54, 1.807) is 6.04 Å². The molecule has 1 fully saturated rings. The first kappa shape index (κ1) is 26.3. The van der Waals surface area contributed by atoms with E-state index in [-0.39, 0.29) is 0 Å². The minimum Gasteiger partial charge on any atom is -0.0721 e. The summed E-state index contributed by atoms with van der Waals surface area (Å²) < 4.78 is 0. The van der Waals surface area contributed by atoms with Crippen LogP contribution in [0.25, 0.3) is 0 Å². The summed E-state index contributed by atoms with van der Waals surface area (Å²) in [6.45, 7) is 47.2. The fourth-order valence-electron chi connectivity index (χ4n) is 10.8. The van der Waals surface area contributed by atoms with E-state index in [1.165, 1.54) is 0 Å². The Kier molecular flexibility index (Phi) is 6.48. The Morgan fingerprint density at radius 2 is 0.889 bits per heavy atom. The maximum Gasteiger partial charge on any atom is 0.0566 e. The summed E-state index contributed by atoms with van der Waals surface area (Å²) in [5.41, 5.74) is 0. The number of hydrogen-bond acceptors (Lipinski definition) is 0. The first-order valence-electron chi connectivity index (χ1n) is 11.3. The molecule has 1 unspecified atom stereocenters. The molecular weight excluding hydrogens is 421 g/mol. The standard InChI is InChI=1S/C21H54Si6/c1-19(2,3)26(20(4,5)6)21(7,8)18-22(26)27(23(9,10)11,24(12,13)14)25(15,16)17/h22H,18H2,1-17H3. The molecule has 0 aromatic rings. The fraction of sp³-hybridized carbons (Fsp3) is 1.00. The molecule has 0 aromatic carbocycles. The van der Waals surface area contributed by atoms with E-state index in [2.05, 4.69) is 114 Å². The normalized spacial score (nSPS) is 24.6. The van der Waals surface area contributed by atoms with Crippen molar-refractivity contribution in [3.8, 4) is 0 Å². The van der Waals surface area contributed by atoms with Gasteiger partial charge in [0.15, 0.2) is 0 Å². The minimum absolute atomic E-state index is 0.543. The first-order chi connectivity index (χ1) is 11.3. The lowest BCUT2D eigenvalue weighted by Gasteiger charge is -2.79. The molecule has 0 N–H and O–H groups in total. The van der Waals surface area contributed by atoms with Gasteiger partial charge in [-0.15, -0.1) is 0 Å². The van der Waals surface area contributed by atoms with E-state index in [4.69, 9.17) is 0 Å². The molecule has 0 aromatic heterocycles. The van der Waals surface area contributed by atoms with Crippen molar-refractivity contribution in [3.05, 3.63) is 0 Å². The summed E-state index contributed by atoms with van der Waals surface area (Å²) in [7, 11) is -5.82. The van der Waals surface area contributed by atoms with Crippen molar-refractivity contribution < 1.29 is 0 Å². The van der Waals surface area contributed by atoms with Gasteiger partial charge in [-0.2, -0.15) is 0 Å². The monoisotopic (exact) mass is 474 g/mol. The van der Waals surface area contributed by atoms with Crippen molar-refractivity contribution >= 4 is 44.3 Å². The Morgan fingerprint density at radius 3 is 1.04 bits per heavy atom. The molecule has 0 amide bonds. The molecule has 1 atom stereocenters. The molecule has 0 saturated carbocycles. The molecule has 1 aliphatic rings. The summed E-state index contributed by atoms with van der Waals surface area (Å²) in [5, 5.41) is 1.72. The van der Waals surface area contributed by atoms with Crippen molar-refractivity contribution in [2.75, 3.05) is 0 Å². The van der Waals surface area contributed by atoms with E-state index in [0.717, 1.165) is 0 Å². The van der Waals surface area contributed by atoms with Crippen LogP contribution in [0.5, 0.6) is 0 Å². The van der Waals surface area contributed by atoms with Crippen LogP contribution in [0.3, 0.4) is 0 Å². The minimum atomic E-state index is -1.46. The zero-order valence-electron chi connectivity index (χ0n) is 22.3. The molecule has 162 valence electrons. The third-order valence-corrected chi connectivity index (χ3v) is 152. The van der Waals surface area contributed by atoms with Crippen LogP contribution in [0.15, 0.2) is 0 Å². The van der Waals surface area contributed by atoms with Crippen molar-refractivity contribution in [1.29, 1.82) is 0 Å². The van der Waals surface area contributed by atoms with E-state index in [0.29, 0.717) is 15.1 Å². The molecular formula is C21H54Si6. The van der Waals surface area contributed by atoms with Crippen LogP contribution in [0.2, 0.25) is 80.1 Å². The second-order valence-corrected chi connectivity index (χ2v) is 79.5. The summed E-state index contributed by atoms with van der Waals surface area (Å²) in [4.78, 5) is 0. The van der Waals surface area contributed by atoms with Gasteiger partial charge in [0.2, 0.25) is 0 Å². The lowest BCUT2D eigenvalue weighted by Crippen LogP contribution is -2.99. The summed E-state index contributed by atoms with van der Waals surface area (Å²) in [5.74, 6) is 0. The number of rotatable bonds is 4. The summed E-state index contributed by atoms with van der Waals surface area (Å²) in [6, 6.07) is 1.69. The third-order valence-electron chi connectivity index (χ3n) is 8.74. The Morgan fingerprint density at radius 1 is 0.630 bits per heavy atom. The molecule has 27 heavy (non-hydrogen) atoms. The van der Waals surface area contributed by atoms with E-state index >= 15 is 0 Å². The Balaban J connectivity index is 4.12. The van der Waals surface area contributed by atoms with Crippen molar-refractivity contribution in [1.82, 2.24) is 0 Å².